The maximum absolute atomic E-state index is 12.5. The molecule has 0 radical (unpaired) electrons. The van der Waals surface area contributed by atoms with Crippen LogP contribution in [0.3, 0.4) is 0 Å². The maximum Gasteiger partial charge on any atom is 0.234 e. The number of amides is 1. The highest BCUT2D eigenvalue weighted by Crippen LogP contribution is 2.42. The summed E-state index contributed by atoms with van der Waals surface area (Å²) in [5, 5.41) is 3.00. The zero-order chi connectivity index (χ0) is 21.8. The van der Waals surface area contributed by atoms with Gasteiger partial charge in [-0.1, -0.05) is 13.0 Å². The molecule has 0 fully saturated rings. The highest BCUT2D eigenvalue weighted by Gasteiger charge is 2.41. The molecule has 1 aliphatic rings. The lowest BCUT2D eigenvalue weighted by Crippen LogP contribution is -2.29. The van der Waals surface area contributed by atoms with E-state index in [0.717, 1.165) is 51.5 Å². The first kappa shape index (κ1) is 19.3. The van der Waals surface area contributed by atoms with Gasteiger partial charge in [-0.25, -0.2) is 24.9 Å². The molecule has 1 aliphatic heterocycles. The molecular formula is C23H23N7O. The van der Waals surface area contributed by atoms with E-state index in [1.54, 1.807) is 18.7 Å². The van der Waals surface area contributed by atoms with Crippen molar-refractivity contribution >= 4 is 22.8 Å². The van der Waals surface area contributed by atoms with Crippen LogP contribution in [0.1, 0.15) is 38.6 Å². The predicted octanol–water partition coefficient (Wildman–Crippen LogP) is 3.90. The Morgan fingerprint density at radius 3 is 2.55 bits per heavy atom. The lowest BCUT2D eigenvalue weighted by atomic mass is 9.80. The minimum Gasteiger partial charge on any atom is -0.325 e. The van der Waals surface area contributed by atoms with Gasteiger partial charge in [-0.2, -0.15) is 0 Å². The largest absolute Gasteiger partial charge is 0.325 e. The number of carbonyl (C=O) groups excluding carboxylic acids is 1. The van der Waals surface area contributed by atoms with E-state index in [1.165, 1.54) is 0 Å². The topological polar surface area (TPSA) is 98.5 Å². The number of benzene rings is 1. The minimum absolute atomic E-state index is 0.0342. The summed E-state index contributed by atoms with van der Waals surface area (Å²) in [6.45, 7) is 8.62. The number of hydrogen-bond acceptors (Lipinski definition) is 6. The molecule has 1 unspecified atom stereocenters. The van der Waals surface area contributed by atoms with Gasteiger partial charge in [0.15, 0.2) is 5.65 Å². The van der Waals surface area contributed by atoms with Crippen LogP contribution >= 0.6 is 0 Å². The first-order valence-corrected chi connectivity index (χ1v) is 10.4. The molecule has 4 aromatic rings. The number of hydrogen-bond donors (Lipinski definition) is 1. The van der Waals surface area contributed by atoms with Crippen LogP contribution in [0, 0.1) is 6.92 Å². The molecule has 0 bridgehead atoms. The van der Waals surface area contributed by atoms with E-state index < -0.39 is 5.41 Å². The fourth-order valence-electron chi connectivity index (χ4n) is 4.17. The maximum atomic E-state index is 12.5. The molecule has 0 spiro atoms. The van der Waals surface area contributed by atoms with Crippen molar-refractivity contribution in [3.05, 3.63) is 48.3 Å². The molecule has 8 heteroatoms. The van der Waals surface area contributed by atoms with Crippen molar-refractivity contribution in [3.63, 3.8) is 0 Å². The number of carbonyl (C=O) groups is 1. The van der Waals surface area contributed by atoms with Gasteiger partial charge in [0.2, 0.25) is 5.91 Å². The Hall–Kier alpha value is -3.68. The monoisotopic (exact) mass is 413 g/mol. The Balaban J connectivity index is 1.71. The molecule has 1 N–H and O–H groups in total. The number of aromatic nitrogens is 6. The molecule has 156 valence electrons. The summed E-state index contributed by atoms with van der Waals surface area (Å²) in [5.74, 6) is 1.51. The zero-order valence-electron chi connectivity index (χ0n) is 18.0. The first-order chi connectivity index (χ1) is 15.0. The van der Waals surface area contributed by atoms with Gasteiger partial charge in [0.1, 0.15) is 29.2 Å². The van der Waals surface area contributed by atoms with Gasteiger partial charge in [-0.15, -0.1) is 0 Å². The van der Waals surface area contributed by atoms with Crippen molar-refractivity contribution in [2.24, 2.45) is 0 Å². The van der Waals surface area contributed by atoms with E-state index in [9.17, 15) is 4.79 Å². The molecule has 1 amide bonds. The Kier molecular flexibility index (Phi) is 4.32. The molecule has 0 saturated carbocycles. The molecule has 3 aromatic heterocycles. The van der Waals surface area contributed by atoms with Crippen molar-refractivity contribution in [2.45, 2.75) is 46.1 Å². The second-order valence-electron chi connectivity index (χ2n) is 7.99. The average Bonchev–Trinajstić information content (AvgIpc) is 3.29. The van der Waals surface area contributed by atoms with E-state index in [-0.39, 0.29) is 5.91 Å². The van der Waals surface area contributed by atoms with Crippen LogP contribution in [0.25, 0.3) is 33.8 Å². The van der Waals surface area contributed by atoms with Crippen LogP contribution in [0.15, 0.2) is 36.9 Å². The number of anilines is 1. The molecule has 1 aromatic carbocycles. The zero-order valence-corrected chi connectivity index (χ0v) is 18.0. The average molecular weight is 413 g/mol. The number of rotatable bonds is 4. The SMILES string of the molecule is CCn1c(-c2cnc(C)nc2)nc2c(-c3ccc4c(c3)C(C)(CC)C(=O)N4)ncnc21. The van der Waals surface area contributed by atoms with Crippen molar-refractivity contribution in [1.82, 2.24) is 29.5 Å². The van der Waals surface area contributed by atoms with Crippen LogP contribution in [0.2, 0.25) is 0 Å². The van der Waals surface area contributed by atoms with E-state index in [0.29, 0.717) is 12.4 Å². The summed E-state index contributed by atoms with van der Waals surface area (Å²) in [6, 6.07) is 5.98. The third-order valence-electron chi connectivity index (χ3n) is 6.23. The van der Waals surface area contributed by atoms with E-state index in [1.807, 2.05) is 37.5 Å². The second kappa shape index (κ2) is 6.94. The molecule has 1 atom stereocenters. The van der Waals surface area contributed by atoms with Crippen LogP contribution in [0.4, 0.5) is 5.69 Å². The molecule has 4 heterocycles. The quantitative estimate of drug-likeness (QED) is 0.545. The number of imidazole rings is 1. The fourth-order valence-corrected chi connectivity index (χ4v) is 4.17. The predicted molar refractivity (Wildman–Crippen MR) is 118 cm³/mol. The molecular weight excluding hydrogens is 390 g/mol. The third-order valence-corrected chi connectivity index (χ3v) is 6.23. The summed E-state index contributed by atoms with van der Waals surface area (Å²) in [4.78, 5) is 35.2. The van der Waals surface area contributed by atoms with Crippen LogP contribution < -0.4 is 5.32 Å². The van der Waals surface area contributed by atoms with Gasteiger partial charge in [-0.05, 0) is 44.9 Å². The highest BCUT2D eigenvalue weighted by molar-refractivity contribution is 6.06. The molecule has 31 heavy (non-hydrogen) atoms. The van der Waals surface area contributed by atoms with Gasteiger partial charge in [0, 0.05) is 30.2 Å². The second-order valence-corrected chi connectivity index (χ2v) is 7.99. The van der Waals surface area contributed by atoms with E-state index in [4.69, 9.17) is 4.98 Å². The number of aryl methyl sites for hydroxylation is 2. The van der Waals surface area contributed by atoms with Crippen LogP contribution in [-0.4, -0.2) is 35.4 Å². The van der Waals surface area contributed by atoms with Crippen LogP contribution in [0.5, 0.6) is 0 Å². The molecule has 8 nitrogen and oxygen atoms in total. The van der Waals surface area contributed by atoms with E-state index >= 15 is 0 Å². The summed E-state index contributed by atoms with van der Waals surface area (Å²) < 4.78 is 2.04. The smallest absolute Gasteiger partial charge is 0.234 e. The van der Waals surface area contributed by atoms with Gasteiger partial charge in [0.25, 0.3) is 0 Å². The molecule has 0 aliphatic carbocycles. The van der Waals surface area contributed by atoms with Crippen molar-refractivity contribution in [2.75, 3.05) is 5.32 Å². The Labute approximate surface area is 179 Å². The van der Waals surface area contributed by atoms with Crippen molar-refractivity contribution in [1.29, 1.82) is 0 Å². The number of nitrogens with zero attached hydrogens (tertiary/aromatic N) is 6. The highest BCUT2D eigenvalue weighted by atomic mass is 16.2. The Bertz CT molecular complexity index is 1330. The van der Waals surface area contributed by atoms with Crippen LogP contribution in [-0.2, 0) is 16.8 Å². The van der Waals surface area contributed by atoms with Crippen molar-refractivity contribution < 1.29 is 4.79 Å². The normalized spacial score (nSPS) is 17.7. The van der Waals surface area contributed by atoms with Gasteiger partial charge in [-0.3, -0.25) is 4.79 Å². The molecule has 5 rings (SSSR count). The van der Waals surface area contributed by atoms with Gasteiger partial charge in [0.05, 0.1) is 11.0 Å². The van der Waals surface area contributed by atoms with Crippen molar-refractivity contribution in [3.8, 4) is 22.6 Å². The van der Waals surface area contributed by atoms with Gasteiger partial charge < -0.3 is 9.88 Å². The van der Waals surface area contributed by atoms with Gasteiger partial charge >= 0.3 is 0 Å². The summed E-state index contributed by atoms with van der Waals surface area (Å²) in [7, 11) is 0. The summed E-state index contributed by atoms with van der Waals surface area (Å²) in [6.07, 6.45) is 5.84. The standard InChI is InChI=1S/C23H23N7O/c1-5-23(4)16-9-14(7-8-17(16)28-22(23)31)18-19-21(27-12-26-18)30(6-2)20(29-19)15-10-24-13(3)25-11-15/h7-12H,5-6H2,1-4H3,(H,28,31). The third kappa shape index (κ3) is 2.82. The minimum atomic E-state index is -0.551. The van der Waals surface area contributed by atoms with E-state index in [2.05, 4.69) is 38.2 Å². The lowest BCUT2D eigenvalue weighted by molar-refractivity contribution is -0.120. The number of nitrogens with one attached hydrogen (secondary N) is 1. The lowest BCUT2D eigenvalue weighted by Gasteiger charge is -2.20. The fraction of sp³-hybridized carbons (Fsp3) is 0.304. The number of fused-ring (bicyclic) bond motifs is 2. The summed E-state index contributed by atoms with van der Waals surface area (Å²) in [5.41, 5.74) is 5.27. The Morgan fingerprint density at radius 2 is 1.84 bits per heavy atom. The first-order valence-electron chi connectivity index (χ1n) is 10.4. The molecule has 0 saturated heterocycles. The summed E-state index contributed by atoms with van der Waals surface area (Å²) >= 11 is 0. The Morgan fingerprint density at radius 1 is 1.06 bits per heavy atom.